The van der Waals surface area contributed by atoms with Gasteiger partial charge < -0.3 is 54.1 Å². The van der Waals surface area contributed by atoms with Gasteiger partial charge in [0.1, 0.15) is 36.3 Å². The minimum Gasteiger partial charge on any atom is -0.370 e. The van der Waals surface area contributed by atoms with E-state index in [-0.39, 0.29) is 56.4 Å². The molecule has 0 radical (unpaired) electrons. The highest BCUT2D eigenvalue weighted by molar-refractivity contribution is 5.99. The van der Waals surface area contributed by atoms with Gasteiger partial charge in [-0.1, -0.05) is 59.7 Å². The van der Waals surface area contributed by atoms with Gasteiger partial charge in [-0.15, -0.1) is 0 Å². The molecule has 0 saturated carbocycles. The van der Waals surface area contributed by atoms with E-state index in [0.29, 0.717) is 5.56 Å². The molecule has 1 saturated heterocycles. The number of benzene rings is 1. The van der Waals surface area contributed by atoms with E-state index in [4.69, 9.17) is 17.2 Å². The summed E-state index contributed by atoms with van der Waals surface area (Å²) in [6.45, 7) is 10.9. The standard InChI is InChI=1S/C38H59N11O7/c1-19(2)14-26-33(52)46-27(15-20(3)4)36(55)49-31(21(5)6)37(56)48-29(17-30(39)50)35(54)44-25(12-9-13-42-38(40)41)32(51)47-28(34(53)45-26)16-22-18-43-24-11-8-7-10-23(22)24/h7-8,10-11,18-21,25-29,31,43H,9,12-17H2,1-6H3,(H2,39,50)(H,44,54)(H,45,53)(H,46,52)(H,47,51)(H,48,56)(H,49,55)(H4,40,41,42)/t25?,26-,27+,28-,29-,31-/m0/s1. The number of para-hydroxylation sites is 1. The number of nitrogens with zero attached hydrogens (tertiary/aromatic N) is 1. The number of amides is 7. The van der Waals surface area contributed by atoms with Gasteiger partial charge in [0, 0.05) is 30.1 Å². The van der Waals surface area contributed by atoms with Crippen LogP contribution in [0.2, 0.25) is 0 Å². The number of hydrogen-bond donors (Lipinski definition) is 10. The molecule has 2 aromatic rings. The van der Waals surface area contributed by atoms with Crippen LogP contribution in [0.5, 0.6) is 0 Å². The average Bonchev–Trinajstić information content (AvgIpc) is 3.51. The molecule has 2 heterocycles. The normalized spacial score (nSPS) is 23.4. The summed E-state index contributed by atoms with van der Waals surface area (Å²) in [6, 6.07) is -0.125. The molecule has 308 valence electrons. The number of nitrogens with two attached hydrogens (primary N) is 3. The summed E-state index contributed by atoms with van der Waals surface area (Å²) in [7, 11) is 0. The lowest BCUT2D eigenvalue weighted by atomic mass is 9.97. The molecule has 1 aliphatic heterocycles. The Morgan fingerprint density at radius 1 is 0.661 bits per heavy atom. The minimum absolute atomic E-state index is 0.0123. The first-order valence-electron chi connectivity index (χ1n) is 19.1. The molecule has 7 amide bonds. The number of rotatable bonds is 13. The Morgan fingerprint density at radius 2 is 1.16 bits per heavy atom. The van der Waals surface area contributed by atoms with E-state index in [1.54, 1.807) is 20.0 Å². The lowest BCUT2D eigenvalue weighted by Gasteiger charge is -2.30. The highest BCUT2D eigenvalue weighted by Crippen LogP contribution is 2.20. The van der Waals surface area contributed by atoms with Crippen LogP contribution >= 0.6 is 0 Å². The molecule has 18 heteroatoms. The van der Waals surface area contributed by atoms with Crippen molar-refractivity contribution < 1.29 is 33.6 Å². The highest BCUT2D eigenvalue weighted by Gasteiger charge is 2.36. The predicted molar refractivity (Wildman–Crippen MR) is 211 cm³/mol. The maximum absolute atomic E-state index is 14.3. The molecule has 3 rings (SSSR count). The Labute approximate surface area is 327 Å². The first kappa shape index (κ1) is 44.7. The molecule has 13 N–H and O–H groups in total. The molecule has 1 aliphatic rings. The van der Waals surface area contributed by atoms with Gasteiger partial charge in [-0.25, -0.2) is 0 Å². The van der Waals surface area contributed by atoms with Gasteiger partial charge >= 0.3 is 0 Å². The van der Waals surface area contributed by atoms with Crippen molar-refractivity contribution in [3.63, 3.8) is 0 Å². The van der Waals surface area contributed by atoms with Crippen molar-refractivity contribution in [1.82, 2.24) is 36.9 Å². The van der Waals surface area contributed by atoms with Gasteiger partial charge in [0.2, 0.25) is 41.4 Å². The number of aromatic amines is 1. The van der Waals surface area contributed by atoms with E-state index >= 15 is 0 Å². The van der Waals surface area contributed by atoms with Crippen LogP contribution in [0.4, 0.5) is 0 Å². The Balaban J connectivity index is 2.15. The quantitative estimate of drug-likeness (QED) is 0.0698. The molecular formula is C38H59N11O7. The third-order valence-electron chi connectivity index (χ3n) is 9.28. The van der Waals surface area contributed by atoms with Crippen LogP contribution in [0, 0.1) is 17.8 Å². The second kappa shape index (κ2) is 20.8. The maximum Gasteiger partial charge on any atom is 0.243 e. The second-order valence-corrected chi connectivity index (χ2v) is 15.5. The molecule has 18 nitrogen and oxygen atoms in total. The Hall–Kier alpha value is -5.68. The third kappa shape index (κ3) is 13.6. The van der Waals surface area contributed by atoms with Crippen LogP contribution in [0.1, 0.15) is 79.2 Å². The van der Waals surface area contributed by atoms with E-state index in [1.807, 2.05) is 52.0 Å². The van der Waals surface area contributed by atoms with E-state index in [1.165, 1.54) is 0 Å². The van der Waals surface area contributed by atoms with Crippen LogP contribution < -0.4 is 49.1 Å². The first-order valence-corrected chi connectivity index (χ1v) is 19.1. The molecule has 1 aromatic heterocycles. The SMILES string of the molecule is CC(C)C[C@@H]1NC(=O)[C@H](Cc2c[nH]c3ccccc23)NC(=O)C(CCCN=C(N)N)NC(=O)[C@H](CC(N)=O)NC(=O)[C@H](C(C)C)NC(=O)[C@@H](CC(C)C)NC1=O. The van der Waals surface area contributed by atoms with Crippen LogP contribution in [-0.2, 0) is 40.0 Å². The number of aliphatic imine (C=N–C) groups is 1. The van der Waals surface area contributed by atoms with Gasteiger partial charge in [0.05, 0.1) is 6.42 Å². The van der Waals surface area contributed by atoms with E-state index in [2.05, 4.69) is 41.9 Å². The number of hydrogen-bond acceptors (Lipinski definition) is 8. The highest BCUT2D eigenvalue weighted by atomic mass is 16.2. The summed E-state index contributed by atoms with van der Waals surface area (Å²) in [5.41, 5.74) is 17.9. The van der Waals surface area contributed by atoms with E-state index in [9.17, 15) is 33.6 Å². The molecule has 6 atom stereocenters. The summed E-state index contributed by atoms with van der Waals surface area (Å²) in [5, 5.41) is 17.0. The zero-order chi connectivity index (χ0) is 41.7. The molecule has 0 aliphatic carbocycles. The van der Waals surface area contributed by atoms with Gasteiger partial charge in [-0.3, -0.25) is 38.6 Å². The van der Waals surface area contributed by atoms with Gasteiger partial charge in [-0.05, 0) is 55.1 Å². The summed E-state index contributed by atoms with van der Waals surface area (Å²) in [5.74, 6) is -6.16. The largest absolute Gasteiger partial charge is 0.370 e. The average molecular weight is 782 g/mol. The number of aromatic nitrogens is 1. The van der Waals surface area contributed by atoms with Crippen LogP contribution in [0.25, 0.3) is 10.9 Å². The van der Waals surface area contributed by atoms with Gasteiger partial charge in [0.25, 0.3) is 0 Å². The van der Waals surface area contributed by atoms with Crippen LogP contribution in [0.3, 0.4) is 0 Å². The summed E-state index contributed by atoms with van der Waals surface area (Å²) < 4.78 is 0. The smallest absolute Gasteiger partial charge is 0.243 e. The molecular weight excluding hydrogens is 722 g/mol. The number of carbonyl (C=O) groups excluding carboxylic acids is 7. The van der Waals surface area contributed by atoms with Crippen molar-refractivity contribution in [3.8, 4) is 0 Å². The Kier molecular flexibility index (Phi) is 16.6. The summed E-state index contributed by atoms with van der Waals surface area (Å²) >= 11 is 0. The van der Waals surface area contributed by atoms with Crippen molar-refractivity contribution in [2.45, 2.75) is 116 Å². The van der Waals surface area contributed by atoms with E-state index in [0.717, 1.165) is 10.9 Å². The number of carbonyl (C=O) groups is 7. The predicted octanol–water partition coefficient (Wildman–Crippen LogP) is -0.690. The monoisotopic (exact) mass is 781 g/mol. The van der Waals surface area contributed by atoms with Crippen molar-refractivity contribution >= 4 is 58.2 Å². The lowest BCUT2D eigenvalue weighted by Crippen LogP contribution is -2.62. The van der Waals surface area contributed by atoms with Crippen molar-refractivity contribution in [2.24, 2.45) is 39.9 Å². The van der Waals surface area contributed by atoms with Crippen molar-refractivity contribution in [3.05, 3.63) is 36.0 Å². The summed E-state index contributed by atoms with van der Waals surface area (Å²) in [4.78, 5) is 103. The van der Waals surface area contributed by atoms with Crippen molar-refractivity contribution in [1.29, 1.82) is 0 Å². The number of H-pyrrole nitrogens is 1. The second-order valence-electron chi connectivity index (χ2n) is 15.5. The summed E-state index contributed by atoms with van der Waals surface area (Å²) in [6.07, 6.45) is 1.66. The third-order valence-corrected chi connectivity index (χ3v) is 9.28. The van der Waals surface area contributed by atoms with Crippen LogP contribution in [-0.4, -0.2) is 95.1 Å². The number of nitrogens with one attached hydrogen (secondary N) is 7. The molecule has 1 fully saturated rings. The zero-order valence-corrected chi connectivity index (χ0v) is 33.1. The molecule has 1 aromatic carbocycles. The number of primary amides is 1. The fourth-order valence-corrected chi connectivity index (χ4v) is 6.46. The minimum atomic E-state index is -1.54. The maximum atomic E-state index is 14.3. The molecule has 56 heavy (non-hydrogen) atoms. The lowest BCUT2D eigenvalue weighted by molar-refractivity contribution is -0.137. The van der Waals surface area contributed by atoms with Crippen LogP contribution in [0.15, 0.2) is 35.5 Å². The molecule has 0 spiro atoms. The topological polar surface area (TPSA) is 298 Å². The zero-order valence-electron chi connectivity index (χ0n) is 33.1. The fraction of sp³-hybridized carbons (Fsp3) is 0.579. The fourth-order valence-electron chi connectivity index (χ4n) is 6.46. The Bertz CT molecular complexity index is 1750. The molecule has 0 bridgehead atoms. The van der Waals surface area contributed by atoms with Crippen molar-refractivity contribution in [2.75, 3.05) is 6.54 Å². The van der Waals surface area contributed by atoms with Gasteiger partial charge in [0.15, 0.2) is 5.96 Å². The van der Waals surface area contributed by atoms with E-state index < -0.39 is 89.9 Å². The molecule has 1 unspecified atom stereocenters. The number of fused-ring (bicyclic) bond motifs is 1. The van der Waals surface area contributed by atoms with Gasteiger partial charge in [-0.2, -0.15) is 0 Å². The Morgan fingerprint density at radius 3 is 1.73 bits per heavy atom. The first-order chi connectivity index (χ1) is 26.4. The number of guanidine groups is 1.